The van der Waals surface area contributed by atoms with Crippen molar-refractivity contribution in [1.82, 2.24) is 9.88 Å². The molecule has 0 saturated heterocycles. The van der Waals surface area contributed by atoms with Crippen molar-refractivity contribution in [3.05, 3.63) is 93.7 Å². The fourth-order valence-electron chi connectivity index (χ4n) is 3.13. The van der Waals surface area contributed by atoms with Gasteiger partial charge in [0.1, 0.15) is 5.76 Å². The molecule has 0 aliphatic carbocycles. The van der Waals surface area contributed by atoms with E-state index in [1.54, 1.807) is 53.9 Å². The average Bonchev–Trinajstić information content (AvgIpc) is 3.19. The fraction of sp³-hybridized carbons (Fsp3) is 0.273. The summed E-state index contributed by atoms with van der Waals surface area (Å²) in [5.41, 5.74) is 1.24. The highest BCUT2D eigenvalue weighted by Crippen LogP contribution is 2.32. The summed E-state index contributed by atoms with van der Waals surface area (Å²) in [5.74, 6) is 0.317. The van der Waals surface area contributed by atoms with E-state index in [4.69, 9.17) is 4.42 Å². The predicted molar refractivity (Wildman–Crippen MR) is 108 cm³/mol. The van der Waals surface area contributed by atoms with Gasteiger partial charge in [-0.1, -0.05) is 32.9 Å². The highest BCUT2D eigenvalue weighted by molar-refractivity contribution is 5.95. The van der Waals surface area contributed by atoms with Crippen LogP contribution in [0.4, 0.5) is 5.69 Å². The van der Waals surface area contributed by atoms with E-state index in [1.807, 2.05) is 26.8 Å². The van der Waals surface area contributed by atoms with Gasteiger partial charge < -0.3 is 9.32 Å². The van der Waals surface area contributed by atoms with E-state index in [1.165, 1.54) is 6.07 Å². The van der Waals surface area contributed by atoms with E-state index >= 15 is 0 Å². The van der Waals surface area contributed by atoms with Gasteiger partial charge in [0.25, 0.3) is 11.6 Å². The van der Waals surface area contributed by atoms with Crippen LogP contribution in [0.15, 0.2) is 65.5 Å². The lowest BCUT2D eigenvalue weighted by molar-refractivity contribution is -0.386. The summed E-state index contributed by atoms with van der Waals surface area (Å²) in [6.45, 7) is 6.27. The molecule has 0 spiro atoms. The van der Waals surface area contributed by atoms with Gasteiger partial charge in [-0.3, -0.25) is 19.9 Å². The summed E-state index contributed by atoms with van der Waals surface area (Å²) in [4.78, 5) is 30.1. The zero-order valence-corrected chi connectivity index (χ0v) is 16.7. The summed E-state index contributed by atoms with van der Waals surface area (Å²) in [7, 11) is 0. The lowest BCUT2D eigenvalue weighted by atomic mass is 9.85. The second-order valence-corrected chi connectivity index (χ2v) is 7.84. The van der Waals surface area contributed by atoms with Crippen LogP contribution < -0.4 is 0 Å². The molecule has 7 heteroatoms. The van der Waals surface area contributed by atoms with Gasteiger partial charge in [-0.05, 0) is 35.2 Å². The molecule has 0 fully saturated rings. The largest absolute Gasteiger partial charge is 0.467 e. The SMILES string of the molecule is CC(C)(C)c1ccc(C(=O)N(Cc2cccnc2)Cc2ccco2)cc1[N+](=O)[O-]. The molecule has 0 aliphatic rings. The van der Waals surface area contributed by atoms with E-state index in [9.17, 15) is 14.9 Å². The first-order valence-electron chi connectivity index (χ1n) is 9.25. The lowest BCUT2D eigenvalue weighted by Crippen LogP contribution is -2.30. The number of nitro groups is 1. The molecule has 0 saturated carbocycles. The maximum absolute atomic E-state index is 13.3. The Labute approximate surface area is 169 Å². The number of benzene rings is 1. The number of hydrogen-bond donors (Lipinski definition) is 0. The molecule has 1 amide bonds. The maximum Gasteiger partial charge on any atom is 0.273 e. The topological polar surface area (TPSA) is 89.5 Å². The fourth-order valence-corrected chi connectivity index (χ4v) is 3.13. The van der Waals surface area contributed by atoms with Crippen LogP contribution in [0, 0.1) is 10.1 Å². The Kier molecular flexibility index (Phi) is 5.77. The van der Waals surface area contributed by atoms with Crippen molar-refractivity contribution in [2.24, 2.45) is 0 Å². The molecule has 0 unspecified atom stereocenters. The van der Waals surface area contributed by atoms with Gasteiger partial charge in [0.05, 0.1) is 17.7 Å². The Bertz CT molecular complexity index is 993. The number of amides is 1. The molecule has 2 heterocycles. The number of nitrogens with zero attached hydrogens (tertiary/aromatic N) is 3. The number of aromatic nitrogens is 1. The highest BCUT2D eigenvalue weighted by atomic mass is 16.6. The summed E-state index contributed by atoms with van der Waals surface area (Å²) in [6.07, 6.45) is 4.90. The third kappa shape index (κ3) is 4.87. The molecule has 3 aromatic rings. The molecule has 1 aromatic carbocycles. The third-order valence-electron chi connectivity index (χ3n) is 4.56. The van der Waals surface area contributed by atoms with Gasteiger partial charge in [-0.2, -0.15) is 0 Å². The number of rotatable bonds is 6. The summed E-state index contributed by atoms with van der Waals surface area (Å²) < 4.78 is 5.40. The van der Waals surface area contributed by atoms with Crippen molar-refractivity contribution < 1.29 is 14.1 Å². The van der Waals surface area contributed by atoms with E-state index in [0.29, 0.717) is 17.9 Å². The lowest BCUT2D eigenvalue weighted by Gasteiger charge is -2.23. The molecule has 7 nitrogen and oxygen atoms in total. The van der Waals surface area contributed by atoms with E-state index in [-0.39, 0.29) is 23.7 Å². The number of nitro benzene ring substituents is 1. The molecule has 0 radical (unpaired) electrons. The number of carbonyl (C=O) groups is 1. The number of carbonyl (C=O) groups excluding carboxylic acids is 1. The van der Waals surface area contributed by atoms with Gasteiger partial charge in [0.2, 0.25) is 0 Å². The van der Waals surface area contributed by atoms with Crippen molar-refractivity contribution >= 4 is 11.6 Å². The molecule has 0 N–H and O–H groups in total. The Morgan fingerprint density at radius 1 is 1.17 bits per heavy atom. The smallest absolute Gasteiger partial charge is 0.273 e. The third-order valence-corrected chi connectivity index (χ3v) is 4.56. The predicted octanol–water partition coefficient (Wildman–Crippen LogP) is 4.72. The minimum atomic E-state index is -0.435. The first-order chi connectivity index (χ1) is 13.8. The van der Waals surface area contributed by atoms with Crippen molar-refractivity contribution in [2.75, 3.05) is 0 Å². The second kappa shape index (κ2) is 8.26. The van der Waals surface area contributed by atoms with Crippen LogP contribution >= 0.6 is 0 Å². The number of pyridine rings is 1. The van der Waals surface area contributed by atoms with Crippen LogP contribution in [0.25, 0.3) is 0 Å². The minimum absolute atomic E-state index is 0.0531. The van der Waals surface area contributed by atoms with Gasteiger partial charge in [0, 0.05) is 36.1 Å². The zero-order chi connectivity index (χ0) is 21.0. The van der Waals surface area contributed by atoms with Gasteiger partial charge in [-0.25, -0.2) is 0 Å². The van der Waals surface area contributed by atoms with Crippen LogP contribution in [0.1, 0.15) is 48.0 Å². The molecule has 29 heavy (non-hydrogen) atoms. The van der Waals surface area contributed by atoms with Crippen molar-refractivity contribution in [2.45, 2.75) is 39.3 Å². The van der Waals surface area contributed by atoms with E-state index < -0.39 is 10.3 Å². The second-order valence-electron chi connectivity index (χ2n) is 7.84. The van der Waals surface area contributed by atoms with Crippen molar-refractivity contribution in [1.29, 1.82) is 0 Å². The first kappa shape index (κ1) is 20.3. The zero-order valence-electron chi connectivity index (χ0n) is 16.7. The average molecular weight is 393 g/mol. The quantitative estimate of drug-likeness (QED) is 0.446. The van der Waals surface area contributed by atoms with Gasteiger partial charge >= 0.3 is 0 Å². The molecule has 2 aromatic heterocycles. The molecule has 150 valence electrons. The first-order valence-corrected chi connectivity index (χ1v) is 9.25. The Morgan fingerprint density at radius 3 is 2.55 bits per heavy atom. The number of hydrogen-bond acceptors (Lipinski definition) is 5. The maximum atomic E-state index is 13.3. The van der Waals surface area contributed by atoms with Gasteiger partial charge in [0.15, 0.2) is 0 Å². The highest BCUT2D eigenvalue weighted by Gasteiger charge is 2.27. The molecular formula is C22H23N3O4. The minimum Gasteiger partial charge on any atom is -0.467 e. The van der Waals surface area contributed by atoms with Crippen LogP contribution in [-0.4, -0.2) is 20.7 Å². The standard InChI is InChI=1S/C22H23N3O4/c1-22(2,3)19-9-8-17(12-20(19)25(27)28)21(26)24(15-18-7-5-11-29-18)14-16-6-4-10-23-13-16/h4-13H,14-15H2,1-3H3. The molecular weight excluding hydrogens is 370 g/mol. The molecule has 0 bridgehead atoms. The van der Waals surface area contributed by atoms with Crippen LogP contribution in [0.5, 0.6) is 0 Å². The monoisotopic (exact) mass is 393 g/mol. The molecule has 0 aliphatic heterocycles. The Hall–Kier alpha value is -3.48. The summed E-state index contributed by atoms with van der Waals surface area (Å²) in [6, 6.07) is 11.9. The molecule has 0 atom stereocenters. The van der Waals surface area contributed by atoms with E-state index in [2.05, 4.69) is 4.98 Å². The van der Waals surface area contributed by atoms with Crippen LogP contribution in [0.3, 0.4) is 0 Å². The van der Waals surface area contributed by atoms with Crippen LogP contribution in [0.2, 0.25) is 0 Å². The summed E-state index contributed by atoms with van der Waals surface area (Å²) in [5, 5.41) is 11.6. The number of furan rings is 1. The Balaban J connectivity index is 1.96. The van der Waals surface area contributed by atoms with Crippen molar-refractivity contribution in [3.8, 4) is 0 Å². The normalized spacial score (nSPS) is 11.3. The Morgan fingerprint density at radius 2 is 1.97 bits per heavy atom. The van der Waals surface area contributed by atoms with Crippen molar-refractivity contribution in [3.63, 3.8) is 0 Å². The molecule has 3 rings (SSSR count). The summed E-state index contributed by atoms with van der Waals surface area (Å²) >= 11 is 0. The van der Waals surface area contributed by atoms with Gasteiger partial charge in [-0.15, -0.1) is 0 Å². The van der Waals surface area contributed by atoms with Crippen LogP contribution in [-0.2, 0) is 18.5 Å². The van der Waals surface area contributed by atoms with E-state index in [0.717, 1.165) is 5.56 Å².